The van der Waals surface area contributed by atoms with Gasteiger partial charge in [-0.2, -0.15) is 0 Å². The van der Waals surface area contributed by atoms with Gasteiger partial charge in [0, 0.05) is 0 Å². The molecule has 1 rings (SSSR count). The lowest BCUT2D eigenvalue weighted by Gasteiger charge is -2.05. The molecule has 0 bridgehead atoms. The zero-order chi connectivity index (χ0) is 15.0. The first-order valence-corrected chi connectivity index (χ1v) is 6.38. The molecular formula is C14H18N2O4. The molecule has 0 aliphatic heterocycles. The van der Waals surface area contributed by atoms with E-state index in [-0.39, 0.29) is 0 Å². The number of benzene rings is 1. The largest absolute Gasteiger partial charge is 0.452 e. The molecule has 0 unspecified atom stereocenters. The molecular weight excluding hydrogens is 260 g/mol. The van der Waals surface area contributed by atoms with Gasteiger partial charge in [0.15, 0.2) is 6.61 Å². The molecule has 1 aromatic rings. The summed E-state index contributed by atoms with van der Waals surface area (Å²) in [6.45, 7) is 1.57. The molecule has 0 aliphatic carbocycles. The van der Waals surface area contributed by atoms with E-state index in [0.29, 0.717) is 5.56 Å². The molecule has 0 saturated carbocycles. The smallest absolute Gasteiger partial charge is 0.338 e. The van der Waals surface area contributed by atoms with Crippen LogP contribution in [0.5, 0.6) is 0 Å². The molecule has 0 saturated heterocycles. The van der Waals surface area contributed by atoms with Crippen LogP contribution in [0, 0.1) is 0 Å². The normalized spacial score (nSPS) is 9.85. The number of hydrogen-bond acceptors (Lipinski definition) is 4. The Kier molecular flexibility index (Phi) is 6.22. The van der Waals surface area contributed by atoms with Gasteiger partial charge in [0.2, 0.25) is 0 Å². The number of unbranched alkanes of at least 4 members (excludes halogenated alkanes) is 1. The van der Waals surface area contributed by atoms with Crippen molar-refractivity contribution in [2.45, 2.75) is 26.2 Å². The lowest BCUT2D eigenvalue weighted by molar-refractivity contribution is -0.123. The summed E-state index contributed by atoms with van der Waals surface area (Å²) in [5.41, 5.74) is 6.26. The molecule has 0 aliphatic rings. The van der Waals surface area contributed by atoms with Crippen molar-refractivity contribution in [1.29, 1.82) is 0 Å². The molecule has 3 amide bonds. The predicted molar refractivity (Wildman–Crippen MR) is 73.1 cm³/mol. The first-order chi connectivity index (χ1) is 9.52. The van der Waals surface area contributed by atoms with Gasteiger partial charge in [-0.25, -0.2) is 9.59 Å². The van der Waals surface area contributed by atoms with E-state index < -0.39 is 24.5 Å². The fourth-order valence-electron chi connectivity index (χ4n) is 1.58. The second-order valence-corrected chi connectivity index (χ2v) is 4.29. The van der Waals surface area contributed by atoms with E-state index in [1.807, 2.05) is 12.1 Å². The average Bonchev–Trinajstić information content (AvgIpc) is 2.42. The SMILES string of the molecule is CCCCc1ccc(C(=O)OCC(=O)NC(N)=O)cc1. The van der Waals surface area contributed by atoms with Crippen LogP contribution in [0.1, 0.15) is 35.7 Å². The lowest BCUT2D eigenvalue weighted by Crippen LogP contribution is -2.37. The molecule has 0 atom stereocenters. The molecule has 0 heterocycles. The minimum atomic E-state index is -0.980. The average molecular weight is 278 g/mol. The summed E-state index contributed by atoms with van der Waals surface area (Å²) in [5.74, 6) is -1.38. The minimum absolute atomic E-state index is 0.358. The van der Waals surface area contributed by atoms with Crippen LogP contribution in [0.2, 0.25) is 0 Å². The summed E-state index contributed by atoms with van der Waals surface area (Å²) < 4.78 is 4.75. The third-order valence-electron chi connectivity index (χ3n) is 2.61. The number of hydrogen-bond donors (Lipinski definition) is 2. The molecule has 0 aromatic heterocycles. The van der Waals surface area contributed by atoms with E-state index in [1.54, 1.807) is 17.4 Å². The van der Waals surface area contributed by atoms with Gasteiger partial charge in [-0.3, -0.25) is 10.1 Å². The summed E-state index contributed by atoms with van der Waals surface area (Å²) in [6.07, 6.45) is 3.17. The molecule has 3 N–H and O–H groups in total. The van der Waals surface area contributed by atoms with Gasteiger partial charge in [0.25, 0.3) is 5.91 Å². The number of nitrogens with two attached hydrogens (primary N) is 1. The minimum Gasteiger partial charge on any atom is -0.452 e. The number of primary amides is 1. The van der Waals surface area contributed by atoms with E-state index in [9.17, 15) is 14.4 Å². The fourth-order valence-corrected chi connectivity index (χ4v) is 1.58. The van der Waals surface area contributed by atoms with Crippen molar-refractivity contribution < 1.29 is 19.1 Å². The number of aryl methyl sites for hydroxylation is 1. The number of urea groups is 1. The van der Waals surface area contributed by atoms with Crippen molar-refractivity contribution in [3.05, 3.63) is 35.4 Å². The number of carbonyl (C=O) groups is 3. The Morgan fingerprint density at radius 1 is 1.20 bits per heavy atom. The van der Waals surface area contributed by atoms with Crippen molar-refractivity contribution in [2.75, 3.05) is 6.61 Å². The number of carbonyl (C=O) groups excluding carboxylic acids is 3. The molecule has 0 spiro atoms. The van der Waals surface area contributed by atoms with Crippen molar-refractivity contribution >= 4 is 17.9 Å². The molecule has 6 nitrogen and oxygen atoms in total. The van der Waals surface area contributed by atoms with Gasteiger partial charge >= 0.3 is 12.0 Å². The van der Waals surface area contributed by atoms with Crippen molar-refractivity contribution in [1.82, 2.24) is 5.32 Å². The fraction of sp³-hybridized carbons (Fsp3) is 0.357. The van der Waals surface area contributed by atoms with Crippen LogP contribution in [0.4, 0.5) is 4.79 Å². The Hall–Kier alpha value is -2.37. The zero-order valence-corrected chi connectivity index (χ0v) is 11.3. The summed E-state index contributed by atoms with van der Waals surface area (Å²) in [6, 6.07) is 6.04. The summed E-state index contributed by atoms with van der Waals surface area (Å²) in [5, 5.41) is 1.80. The predicted octanol–water partition coefficient (Wildman–Crippen LogP) is 1.38. The number of esters is 1. The molecule has 1 aromatic carbocycles. The highest BCUT2D eigenvalue weighted by molar-refractivity contribution is 5.96. The van der Waals surface area contributed by atoms with Crippen LogP contribution >= 0.6 is 0 Å². The number of rotatable bonds is 6. The summed E-state index contributed by atoms with van der Waals surface area (Å²) >= 11 is 0. The number of imide groups is 1. The third kappa shape index (κ3) is 5.51. The zero-order valence-electron chi connectivity index (χ0n) is 11.3. The molecule has 108 valence electrons. The van der Waals surface area contributed by atoms with Crippen LogP contribution in [0.15, 0.2) is 24.3 Å². The Morgan fingerprint density at radius 2 is 1.85 bits per heavy atom. The van der Waals surface area contributed by atoms with Crippen LogP contribution in [-0.2, 0) is 16.0 Å². The molecule has 20 heavy (non-hydrogen) atoms. The molecule has 0 radical (unpaired) electrons. The van der Waals surface area contributed by atoms with E-state index in [4.69, 9.17) is 10.5 Å². The van der Waals surface area contributed by atoms with E-state index in [1.165, 1.54) is 0 Å². The summed E-state index contributed by atoms with van der Waals surface area (Å²) in [4.78, 5) is 33.1. The van der Waals surface area contributed by atoms with E-state index in [2.05, 4.69) is 6.92 Å². The highest BCUT2D eigenvalue weighted by atomic mass is 16.5. The maximum absolute atomic E-state index is 11.6. The van der Waals surface area contributed by atoms with Crippen LogP contribution in [0.3, 0.4) is 0 Å². The van der Waals surface area contributed by atoms with Gasteiger partial charge in [-0.15, -0.1) is 0 Å². The van der Waals surface area contributed by atoms with Crippen LogP contribution < -0.4 is 11.1 Å². The topological polar surface area (TPSA) is 98.5 Å². The van der Waals surface area contributed by atoms with Crippen LogP contribution in [0.25, 0.3) is 0 Å². The van der Waals surface area contributed by atoms with E-state index >= 15 is 0 Å². The second-order valence-electron chi connectivity index (χ2n) is 4.29. The Labute approximate surface area is 117 Å². The van der Waals surface area contributed by atoms with Crippen molar-refractivity contribution in [2.24, 2.45) is 5.73 Å². The standard InChI is InChI=1S/C14H18N2O4/c1-2-3-4-10-5-7-11(8-6-10)13(18)20-9-12(17)16-14(15)19/h5-8H,2-4,9H2,1H3,(H3,15,16,17,19). The van der Waals surface area contributed by atoms with Crippen molar-refractivity contribution in [3.8, 4) is 0 Å². The maximum atomic E-state index is 11.6. The molecule has 6 heteroatoms. The number of amides is 3. The van der Waals surface area contributed by atoms with Gasteiger partial charge in [-0.05, 0) is 30.5 Å². The first kappa shape index (κ1) is 15.7. The quantitative estimate of drug-likeness (QED) is 0.768. The third-order valence-corrected chi connectivity index (χ3v) is 2.61. The Morgan fingerprint density at radius 3 is 2.40 bits per heavy atom. The lowest BCUT2D eigenvalue weighted by atomic mass is 10.1. The monoisotopic (exact) mass is 278 g/mol. The Bertz CT molecular complexity index is 482. The highest BCUT2D eigenvalue weighted by Crippen LogP contribution is 2.09. The van der Waals surface area contributed by atoms with E-state index in [0.717, 1.165) is 24.8 Å². The highest BCUT2D eigenvalue weighted by Gasteiger charge is 2.11. The molecule has 0 fully saturated rings. The summed E-state index contributed by atoms with van der Waals surface area (Å²) in [7, 11) is 0. The van der Waals surface area contributed by atoms with Gasteiger partial charge in [-0.1, -0.05) is 25.5 Å². The second kappa shape index (κ2) is 7.93. The van der Waals surface area contributed by atoms with Gasteiger partial charge in [0.05, 0.1) is 5.56 Å². The van der Waals surface area contributed by atoms with Crippen LogP contribution in [-0.4, -0.2) is 24.5 Å². The first-order valence-electron chi connectivity index (χ1n) is 6.38. The van der Waals surface area contributed by atoms with Gasteiger partial charge in [0.1, 0.15) is 0 Å². The van der Waals surface area contributed by atoms with Crippen molar-refractivity contribution in [3.63, 3.8) is 0 Å². The Balaban J connectivity index is 2.47. The maximum Gasteiger partial charge on any atom is 0.338 e. The number of ether oxygens (including phenoxy) is 1. The number of nitrogens with one attached hydrogen (secondary N) is 1. The van der Waals surface area contributed by atoms with Gasteiger partial charge < -0.3 is 10.5 Å².